The average Bonchev–Trinajstić information content (AvgIpc) is 2.74. The molecule has 0 aliphatic carbocycles. The molecule has 2 amide bonds. The molecule has 0 aliphatic rings. The van der Waals surface area contributed by atoms with Crippen LogP contribution in [-0.4, -0.2) is 35.1 Å². The van der Waals surface area contributed by atoms with E-state index in [-0.39, 0.29) is 11.8 Å². The largest absolute Gasteiger partial charge is 0.354 e. The summed E-state index contributed by atoms with van der Waals surface area (Å²) in [5.41, 5.74) is 0.833. The van der Waals surface area contributed by atoms with Gasteiger partial charge in [0, 0.05) is 40.2 Å². The van der Waals surface area contributed by atoms with E-state index < -0.39 is 6.04 Å². The van der Waals surface area contributed by atoms with Crippen molar-refractivity contribution in [1.82, 2.24) is 10.2 Å². The van der Waals surface area contributed by atoms with Crippen molar-refractivity contribution < 1.29 is 9.59 Å². The molecule has 1 N–H and O–H groups in total. The Balaban J connectivity index is 2.11. The Bertz CT molecular complexity index is 830. The van der Waals surface area contributed by atoms with Crippen LogP contribution in [0.15, 0.2) is 53.4 Å². The zero-order chi connectivity index (χ0) is 21.9. The van der Waals surface area contributed by atoms with Crippen LogP contribution in [0.25, 0.3) is 0 Å². The minimum Gasteiger partial charge on any atom is -0.354 e. The van der Waals surface area contributed by atoms with E-state index in [9.17, 15) is 9.59 Å². The minimum absolute atomic E-state index is 0.0603. The van der Waals surface area contributed by atoms with Crippen molar-refractivity contribution in [1.29, 1.82) is 0 Å². The number of thioether (sulfide) groups is 1. The number of rotatable bonds is 11. The predicted octanol–water partition coefficient (Wildman–Crippen LogP) is 5.81. The van der Waals surface area contributed by atoms with Gasteiger partial charge in [0.25, 0.3) is 0 Å². The van der Waals surface area contributed by atoms with E-state index in [0.29, 0.717) is 41.7 Å². The second-order valence-electron chi connectivity index (χ2n) is 6.88. The number of carbonyl (C=O) groups excluding carboxylic acids is 2. The number of amides is 2. The summed E-state index contributed by atoms with van der Waals surface area (Å²) >= 11 is 13.8. The average molecular weight is 467 g/mol. The van der Waals surface area contributed by atoms with Gasteiger partial charge >= 0.3 is 0 Å². The van der Waals surface area contributed by atoms with Crippen LogP contribution >= 0.6 is 35.0 Å². The molecule has 0 fully saturated rings. The van der Waals surface area contributed by atoms with Crippen molar-refractivity contribution in [3.05, 3.63) is 64.1 Å². The number of hydrogen-bond donors (Lipinski definition) is 1. The second kappa shape index (κ2) is 12.9. The van der Waals surface area contributed by atoms with Crippen LogP contribution in [0.5, 0.6) is 0 Å². The molecule has 0 bridgehead atoms. The first-order valence-corrected chi connectivity index (χ1v) is 11.9. The topological polar surface area (TPSA) is 49.4 Å². The van der Waals surface area contributed by atoms with Crippen LogP contribution in [-0.2, 0) is 16.1 Å². The number of hydrogen-bond acceptors (Lipinski definition) is 3. The normalized spacial score (nSPS) is 11.7. The maximum atomic E-state index is 13.2. The van der Waals surface area contributed by atoms with Gasteiger partial charge in [0.1, 0.15) is 6.04 Å². The van der Waals surface area contributed by atoms with E-state index in [1.165, 1.54) is 0 Å². The van der Waals surface area contributed by atoms with Crippen LogP contribution in [0.3, 0.4) is 0 Å². The maximum absolute atomic E-state index is 13.2. The number of carbonyl (C=O) groups is 2. The highest BCUT2D eigenvalue weighted by molar-refractivity contribution is 7.99. The quantitative estimate of drug-likeness (QED) is 0.425. The molecule has 2 aromatic carbocycles. The highest BCUT2D eigenvalue weighted by atomic mass is 35.5. The molecule has 2 rings (SSSR count). The summed E-state index contributed by atoms with van der Waals surface area (Å²) in [6, 6.07) is 14.4. The first kappa shape index (κ1) is 24.6. The van der Waals surface area contributed by atoms with Crippen molar-refractivity contribution in [3.8, 4) is 0 Å². The molecule has 0 saturated carbocycles. The zero-order valence-corrected chi connectivity index (χ0v) is 19.7. The molecular formula is C23H28Cl2N2O2S. The number of nitrogens with zero attached hydrogens (tertiary/aromatic N) is 1. The maximum Gasteiger partial charge on any atom is 0.242 e. The summed E-state index contributed by atoms with van der Waals surface area (Å²) < 4.78 is 0. The molecule has 0 heterocycles. The molecule has 0 radical (unpaired) electrons. The third-order valence-corrected chi connectivity index (χ3v) is 6.27. The first-order valence-electron chi connectivity index (χ1n) is 10.1. The molecule has 1 atom stereocenters. The molecule has 2 aromatic rings. The lowest BCUT2D eigenvalue weighted by Gasteiger charge is -2.31. The summed E-state index contributed by atoms with van der Waals surface area (Å²) in [6.45, 7) is 4.82. The fourth-order valence-electron chi connectivity index (χ4n) is 3.03. The van der Waals surface area contributed by atoms with Gasteiger partial charge < -0.3 is 10.2 Å². The second-order valence-corrected chi connectivity index (χ2v) is 8.89. The molecule has 30 heavy (non-hydrogen) atoms. The van der Waals surface area contributed by atoms with Crippen molar-refractivity contribution >= 4 is 46.8 Å². The molecule has 7 heteroatoms. The van der Waals surface area contributed by atoms with Gasteiger partial charge in [-0.05, 0) is 48.7 Å². The lowest BCUT2D eigenvalue weighted by atomic mass is 10.1. The van der Waals surface area contributed by atoms with Crippen LogP contribution in [0.4, 0.5) is 0 Å². The fourth-order valence-corrected chi connectivity index (χ4v) is 4.19. The molecular weight excluding hydrogens is 439 g/mol. The molecule has 162 valence electrons. The summed E-state index contributed by atoms with van der Waals surface area (Å²) in [5.74, 6) is 0.437. The zero-order valence-electron chi connectivity index (χ0n) is 17.4. The lowest BCUT2D eigenvalue weighted by molar-refractivity contribution is -0.141. The summed E-state index contributed by atoms with van der Waals surface area (Å²) in [5, 5.41) is 4.20. The molecule has 0 spiro atoms. The lowest BCUT2D eigenvalue weighted by Crippen LogP contribution is -2.49. The highest BCUT2D eigenvalue weighted by Crippen LogP contribution is 2.23. The minimum atomic E-state index is -0.527. The Labute approximate surface area is 193 Å². The molecule has 0 unspecified atom stereocenters. The van der Waals surface area contributed by atoms with Gasteiger partial charge in [0.2, 0.25) is 11.8 Å². The standard InChI is InChI=1S/C23H28Cl2N2O2S/c1-3-14-26-23(29)21(4-2)27(16-17-7-5-6-8-20(17)25)22(28)13-15-30-19-11-9-18(24)10-12-19/h5-12,21H,3-4,13-16H2,1-2H3,(H,26,29)/t21-/m0/s1. The third-order valence-electron chi connectivity index (χ3n) is 4.63. The number of halogens is 2. The van der Waals surface area contributed by atoms with Gasteiger partial charge in [-0.15, -0.1) is 11.8 Å². The Morgan fingerprint density at radius 3 is 2.40 bits per heavy atom. The van der Waals surface area contributed by atoms with Crippen LogP contribution < -0.4 is 5.32 Å². The van der Waals surface area contributed by atoms with Gasteiger partial charge in [-0.1, -0.05) is 55.2 Å². The van der Waals surface area contributed by atoms with Gasteiger partial charge in [-0.2, -0.15) is 0 Å². The van der Waals surface area contributed by atoms with Crippen molar-refractivity contribution in [2.45, 2.75) is 50.6 Å². The van der Waals surface area contributed by atoms with Gasteiger partial charge in [-0.3, -0.25) is 9.59 Å². The Hall–Kier alpha value is -1.69. The van der Waals surface area contributed by atoms with E-state index >= 15 is 0 Å². The molecule has 4 nitrogen and oxygen atoms in total. The van der Waals surface area contributed by atoms with E-state index in [4.69, 9.17) is 23.2 Å². The van der Waals surface area contributed by atoms with Crippen molar-refractivity contribution in [2.75, 3.05) is 12.3 Å². The highest BCUT2D eigenvalue weighted by Gasteiger charge is 2.28. The Morgan fingerprint density at radius 2 is 1.77 bits per heavy atom. The Morgan fingerprint density at radius 1 is 1.07 bits per heavy atom. The van der Waals surface area contributed by atoms with Crippen LogP contribution in [0, 0.1) is 0 Å². The van der Waals surface area contributed by atoms with E-state index in [2.05, 4.69) is 5.32 Å². The van der Waals surface area contributed by atoms with Crippen molar-refractivity contribution in [3.63, 3.8) is 0 Å². The predicted molar refractivity (Wildman–Crippen MR) is 126 cm³/mol. The molecule has 0 aromatic heterocycles. The summed E-state index contributed by atoms with van der Waals surface area (Å²) in [6.07, 6.45) is 1.71. The Kier molecular flexibility index (Phi) is 10.6. The van der Waals surface area contributed by atoms with Gasteiger partial charge in [0.05, 0.1) is 0 Å². The summed E-state index contributed by atoms with van der Waals surface area (Å²) in [7, 11) is 0. The van der Waals surface area contributed by atoms with E-state index in [0.717, 1.165) is 16.9 Å². The van der Waals surface area contributed by atoms with E-state index in [1.54, 1.807) is 22.7 Å². The first-order chi connectivity index (χ1) is 14.5. The fraction of sp³-hybridized carbons (Fsp3) is 0.391. The number of nitrogens with one attached hydrogen (secondary N) is 1. The van der Waals surface area contributed by atoms with Crippen LogP contribution in [0.2, 0.25) is 10.0 Å². The summed E-state index contributed by atoms with van der Waals surface area (Å²) in [4.78, 5) is 28.6. The number of benzene rings is 2. The van der Waals surface area contributed by atoms with Crippen LogP contribution in [0.1, 0.15) is 38.7 Å². The van der Waals surface area contributed by atoms with Gasteiger partial charge in [-0.25, -0.2) is 0 Å². The SMILES string of the molecule is CCCNC(=O)[C@H](CC)N(Cc1ccccc1Cl)C(=O)CCSc1ccc(Cl)cc1. The smallest absolute Gasteiger partial charge is 0.242 e. The molecule has 0 aliphatic heterocycles. The van der Waals surface area contributed by atoms with Crippen molar-refractivity contribution in [2.24, 2.45) is 0 Å². The molecule has 0 saturated heterocycles. The van der Waals surface area contributed by atoms with E-state index in [1.807, 2.05) is 56.3 Å². The third kappa shape index (κ3) is 7.53. The van der Waals surface area contributed by atoms with Gasteiger partial charge in [0.15, 0.2) is 0 Å². The monoisotopic (exact) mass is 466 g/mol.